The van der Waals surface area contributed by atoms with Crippen molar-refractivity contribution < 1.29 is 5.11 Å². The van der Waals surface area contributed by atoms with Crippen molar-refractivity contribution in [2.45, 2.75) is 13.3 Å². The van der Waals surface area contributed by atoms with E-state index in [0.717, 1.165) is 23.1 Å². The minimum absolute atomic E-state index is 0.0172. The van der Waals surface area contributed by atoms with Gasteiger partial charge in [0.2, 0.25) is 0 Å². The van der Waals surface area contributed by atoms with E-state index < -0.39 is 0 Å². The van der Waals surface area contributed by atoms with Crippen molar-refractivity contribution in [3.63, 3.8) is 0 Å². The average molecular weight is 265 g/mol. The topological polar surface area (TPSA) is 53.1 Å². The van der Waals surface area contributed by atoms with E-state index in [1.165, 1.54) is 6.07 Å². The van der Waals surface area contributed by atoms with Crippen LogP contribution in [0, 0.1) is 0 Å². The van der Waals surface area contributed by atoms with E-state index in [0.29, 0.717) is 10.9 Å². The Morgan fingerprint density at radius 2 is 1.85 bits per heavy atom. The fourth-order valence-corrected chi connectivity index (χ4v) is 2.51. The van der Waals surface area contributed by atoms with Crippen LogP contribution >= 0.6 is 0 Å². The molecule has 1 heterocycles. The van der Waals surface area contributed by atoms with Crippen molar-refractivity contribution in [3.05, 3.63) is 64.4 Å². The van der Waals surface area contributed by atoms with Gasteiger partial charge in [-0.2, -0.15) is 0 Å². The molecule has 2 aromatic carbocycles. The maximum absolute atomic E-state index is 11.4. The van der Waals surface area contributed by atoms with E-state index in [1.54, 1.807) is 0 Å². The molecule has 0 aliphatic rings. The van der Waals surface area contributed by atoms with Gasteiger partial charge in [0.1, 0.15) is 5.75 Å². The molecule has 0 bridgehead atoms. The first-order valence-corrected chi connectivity index (χ1v) is 6.63. The number of hydrogen-bond acceptors (Lipinski definition) is 2. The van der Waals surface area contributed by atoms with Crippen LogP contribution < -0.4 is 5.56 Å². The predicted octanol–water partition coefficient (Wildman–Crippen LogP) is 3.46. The third kappa shape index (κ3) is 2.07. The summed E-state index contributed by atoms with van der Waals surface area (Å²) in [5, 5.41) is 10.6. The molecule has 3 rings (SSSR count). The Hall–Kier alpha value is -2.55. The van der Waals surface area contributed by atoms with Crippen molar-refractivity contribution in [3.8, 4) is 16.9 Å². The summed E-state index contributed by atoms with van der Waals surface area (Å²) in [5.74, 6) is 0.0172. The van der Waals surface area contributed by atoms with Gasteiger partial charge in [-0.3, -0.25) is 4.79 Å². The van der Waals surface area contributed by atoms with Crippen LogP contribution in [0.1, 0.15) is 12.5 Å². The van der Waals surface area contributed by atoms with Gasteiger partial charge in [-0.25, -0.2) is 0 Å². The van der Waals surface area contributed by atoms with Gasteiger partial charge in [0.05, 0.1) is 5.52 Å². The van der Waals surface area contributed by atoms with Gasteiger partial charge in [-0.05, 0) is 35.2 Å². The first kappa shape index (κ1) is 12.5. The van der Waals surface area contributed by atoms with Crippen molar-refractivity contribution >= 4 is 10.9 Å². The Bertz CT molecular complexity index is 820. The van der Waals surface area contributed by atoms with Crippen molar-refractivity contribution in [2.24, 2.45) is 0 Å². The first-order chi connectivity index (χ1) is 9.69. The average Bonchev–Trinajstić information content (AvgIpc) is 2.46. The van der Waals surface area contributed by atoms with E-state index in [2.05, 4.69) is 11.9 Å². The maximum atomic E-state index is 11.4. The molecule has 0 aliphatic carbocycles. The summed E-state index contributed by atoms with van der Waals surface area (Å²) in [5.41, 5.74) is 3.72. The molecule has 0 aliphatic heterocycles. The molecule has 3 heteroatoms. The molecule has 3 nitrogen and oxygen atoms in total. The highest BCUT2D eigenvalue weighted by atomic mass is 16.3. The molecular formula is C17H15NO2. The molecular weight excluding hydrogens is 250 g/mol. The molecule has 0 atom stereocenters. The molecule has 20 heavy (non-hydrogen) atoms. The fourth-order valence-electron chi connectivity index (χ4n) is 2.51. The number of nitrogens with one attached hydrogen (secondary N) is 1. The summed E-state index contributed by atoms with van der Waals surface area (Å²) in [7, 11) is 0. The van der Waals surface area contributed by atoms with Crippen LogP contribution in [-0.2, 0) is 6.42 Å². The zero-order valence-electron chi connectivity index (χ0n) is 11.2. The monoisotopic (exact) mass is 265 g/mol. The number of pyridine rings is 1. The normalized spacial score (nSPS) is 10.8. The predicted molar refractivity (Wildman–Crippen MR) is 81.0 cm³/mol. The molecule has 0 radical (unpaired) electrons. The van der Waals surface area contributed by atoms with Gasteiger partial charge < -0.3 is 10.1 Å². The first-order valence-electron chi connectivity index (χ1n) is 6.63. The number of aromatic amines is 1. The molecule has 100 valence electrons. The Morgan fingerprint density at radius 3 is 2.55 bits per heavy atom. The molecule has 0 spiro atoms. The molecule has 3 aromatic rings. The van der Waals surface area contributed by atoms with Crippen LogP contribution in [-0.4, -0.2) is 10.1 Å². The van der Waals surface area contributed by atoms with Crippen LogP contribution in [0.3, 0.4) is 0 Å². The Morgan fingerprint density at radius 1 is 1.10 bits per heavy atom. The number of H-pyrrole nitrogens is 1. The second kappa shape index (κ2) is 4.85. The van der Waals surface area contributed by atoms with Gasteiger partial charge >= 0.3 is 0 Å². The lowest BCUT2D eigenvalue weighted by molar-refractivity contribution is 0.480. The van der Waals surface area contributed by atoms with Crippen LogP contribution in [0.15, 0.2) is 53.3 Å². The van der Waals surface area contributed by atoms with Crippen molar-refractivity contribution in [1.29, 1.82) is 0 Å². The van der Waals surface area contributed by atoms with Gasteiger partial charge in [-0.1, -0.05) is 37.3 Å². The molecule has 1 aromatic heterocycles. The largest absolute Gasteiger partial charge is 0.507 e. The maximum Gasteiger partial charge on any atom is 0.252 e. The third-order valence-electron chi connectivity index (χ3n) is 3.51. The molecule has 0 amide bonds. The number of fused-ring (bicyclic) bond motifs is 1. The third-order valence-corrected chi connectivity index (χ3v) is 3.51. The number of aryl methyl sites for hydroxylation is 1. The second-order valence-electron chi connectivity index (χ2n) is 4.79. The second-order valence-corrected chi connectivity index (χ2v) is 4.79. The number of aromatic nitrogens is 1. The lowest BCUT2D eigenvalue weighted by Gasteiger charge is -2.11. The highest BCUT2D eigenvalue weighted by Crippen LogP contribution is 2.31. The number of aromatic hydroxyl groups is 1. The lowest BCUT2D eigenvalue weighted by atomic mass is 9.95. The molecule has 2 N–H and O–H groups in total. The van der Waals surface area contributed by atoms with E-state index in [4.69, 9.17) is 0 Å². The number of rotatable bonds is 2. The molecule has 0 saturated heterocycles. The highest BCUT2D eigenvalue weighted by molar-refractivity contribution is 5.90. The Labute approximate surface area is 116 Å². The SMILES string of the molecule is CCc1cc2[nH]c(=O)cc(O)c2cc1-c1ccccc1. The molecule has 0 unspecified atom stereocenters. The summed E-state index contributed by atoms with van der Waals surface area (Å²) in [6.45, 7) is 2.08. The van der Waals surface area contributed by atoms with Gasteiger partial charge in [0.15, 0.2) is 0 Å². The zero-order valence-corrected chi connectivity index (χ0v) is 11.2. The van der Waals surface area contributed by atoms with Gasteiger partial charge in [-0.15, -0.1) is 0 Å². The minimum Gasteiger partial charge on any atom is -0.507 e. The molecule has 0 saturated carbocycles. The van der Waals surface area contributed by atoms with Crippen LogP contribution in [0.5, 0.6) is 5.75 Å². The van der Waals surface area contributed by atoms with Gasteiger partial charge in [0.25, 0.3) is 5.56 Å². The van der Waals surface area contributed by atoms with Crippen LogP contribution in [0.4, 0.5) is 0 Å². The van der Waals surface area contributed by atoms with Crippen LogP contribution in [0.25, 0.3) is 22.0 Å². The van der Waals surface area contributed by atoms with Crippen molar-refractivity contribution in [2.75, 3.05) is 0 Å². The van der Waals surface area contributed by atoms with E-state index in [9.17, 15) is 9.90 Å². The summed E-state index contributed by atoms with van der Waals surface area (Å²) in [6.07, 6.45) is 0.859. The Kier molecular flexibility index (Phi) is 3.03. The quantitative estimate of drug-likeness (QED) is 0.745. The minimum atomic E-state index is -0.287. The van der Waals surface area contributed by atoms with E-state index in [1.807, 2.05) is 42.5 Å². The standard InChI is InChI=1S/C17H15NO2/c1-2-11-8-15-14(16(19)10-17(20)18-15)9-13(11)12-6-4-3-5-7-12/h3-10H,2H2,1H3,(H2,18,19,20). The smallest absolute Gasteiger partial charge is 0.252 e. The lowest BCUT2D eigenvalue weighted by Crippen LogP contribution is -2.03. The van der Waals surface area contributed by atoms with Crippen LogP contribution in [0.2, 0.25) is 0 Å². The van der Waals surface area contributed by atoms with E-state index >= 15 is 0 Å². The highest BCUT2D eigenvalue weighted by Gasteiger charge is 2.09. The molecule has 0 fully saturated rings. The summed E-state index contributed by atoms with van der Waals surface area (Å²) >= 11 is 0. The van der Waals surface area contributed by atoms with Crippen molar-refractivity contribution in [1.82, 2.24) is 4.98 Å². The summed E-state index contributed by atoms with van der Waals surface area (Å²) in [6, 6.07) is 15.1. The fraction of sp³-hybridized carbons (Fsp3) is 0.118. The van der Waals surface area contributed by atoms with Gasteiger partial charge in [0, 0.05) is 11.5 Å². The van der Waals surface area contributed by atoms with E-state index in [-0.39, 0.29) is 11.3 Å². The Balaban J connectivity index is 2.35. The number of hydrogen-bond donors (Lipinski definition) is 2. The summed E-state index contributed by atoms with van der Waals surface area (Å²) < 4.78 is 0. The number of benzene rings is 2. The zero-order chi connectivity index (χ0) is 14.1. The summed E-state index contributed by atoms with van der Waals surface area (Å²) in [4.78, 5) is 14.2.